The van der Waals surface area contributed by atoms with Gasteiger partial charge in [-0.05, 0) is 52.2 Å². The van der Waals surface area contributed by atoms with Gasteiger partial charge in [0.15, 0.2) is 11.0 Å². The maximum Gasteiger partial charge on any atom is 0.410 e. The van der Waals surface area contributed by atoms with E-state index in [9.17, 15) is 4.79 Å². The summed E-state index contributed by atoms with van der Waals surface area (Å²) in [5, 5.41) is 8.32. The van der Waals surface area contributed by atoms with Crippen LogP contribution in [0.15, 0.2) is 12.1 Å². The summed E-state index contributed by atoms with van der Waals surface area (Å²) in [7, 11) is 1.94. The first-order valence-corrected chi connectivity index (χ1v) is 8.34. The molecule has 1 aromatic heterocycles. The van der Waals surface area contributed by atoms with Crippen LogP contribution in [0.3, 0.4) is 0 Å². The molecule has 1 aliphatic rings. The number of amides is 1. The molecule has 0 spiro atoms. The maximum atomic E-state index is 12.4. The molecule has 1 amide bonds. The number of hydrogen-bond donors (Lipinski definition) is 0. The molecule has 1 saturated heterocycles. The summed E-state index contributed by atoms with van der Waals surface area (Å²) in [6.07, 6.45) is 2.85. The minimum atomic E-state index is -0.480. The quantitative estimate of drug-likeness (QED) is 0.844. The van der Waals surface area contributed by atoms with Gasteiger partial charge in [0, 0.05) is 20.1 Å². The number of carbonyl (C=O) groups excluding carboxylic acids is 1. The Kier molecular flexibility index (Phi) is 5.68. The van der Waals surface area contributed by atoms with Crippen LogP contribution < -0.4 is 4.90 Å². The number of anilines is 1. The van der Waals surface area contributed by atoms with Crippen molar-refractivity contribution in [3.05, 3.63) is 17.3 Å². The lowest BCUT2D eigenvalue weighted by atomic mass is 10.0. The number of ether oxygens (including phenoxy) is 1. The molecule has 0 saturated carbocycles. The summed E-state index contributed by atoms with van der Waals surface area (Å²) in [5.41, 5.74) is -0.480. The minimum Gasteiger partial charge on any atom is -0.444 e. The highest BCUT2D eigenvalue weighted by atomic mass is 35.5. The van der Waals surface area contributed by atoms with Gasteiger partial charge < -0.3 is 14.5 Å². The molecule has 0 radical (unpaired) electrons. The monoisotopic (exact) mass is 340 g/mol. The van der Waals surface area contributed by atoms with E-state index in [4.69, 9.17) is 16.3 Å². The van der Waals surface area contributed by atoms with Gasteiger partial charge in [-0.15, -0.1) is 10.2 Å². The molecule has 1 aromatic rings. The van der Waals surface area contributed by atoms with Crippen LogP contribution in [0.4, 0.5) is 10.6 Å². The number of hydrogen-bond acceptors (Lipinski definition) is 5. The SMILES string of the molecule is CN(C[C@@H]1CCCCN1C(=O)OC(C)(C)C)c1ccc(Cl)nn1. The highest BCUT2D eigenvalue weighted by Crippen LogP contribution is 2.22. The van der Waals surface area contributed by atoms with E-state index in [2.05, 4.69) is 10.2 Å². The number of nitrogens with zero attached hydrogens (tertiary/aromatic N) is 4. The number of halogens is 1. The maximum absolute atomic E-state index is 12.4. The fourth-order valence-electron chi connectivity index (χ4n) is 2.67. The summed E-state index contributed by atoms with van der Waals surface area (Å²) >= 11 is 5.77. The van der Waals surface area contributed by atoms with Gasteiger partial charge in [0.1, 0.15) is 5.60 Å². The Morgan fingerprint density at radius 2 is 2.13 bits per heavy atom. The van der Waals surface area contributed by atoms with Crippen molar-refractivity contribution in [2.75, 3.05) is 25.0 Å². The third kappa shape index (κ3) is 5.23. The molecule has 1 atom stereocenters. The summed E-state index contributed by atoms with van der Waals surface area (Å²) in [5.74, 6) is 0.740. The third-order valence-electron chi connectivity index (χ3n) is 3.75. The summed E-state index contributed by atoms with van der Waals surface area (Å²) in [6.45, 7) is 7.09. The van der Waals surface area contributed by atoms with Gasteiger partial charge in [-0.25, -0.2) is 4.79 Å². The summed E-state index contributed by atoms with van der Waals surface area (Å²) in [4.78, 5) is 16.3. The molecule has 23 heavy (non-hydrogen) atoms. The average Bonchev–Trinajstić information content (AvgIpc) is 2.46. The first-order chi connectivity index (χ1) is 10.8. The lowest BCUT2D eigenvalue weighted by Crippen LogP contribution is -2.50. The van der Waals surface area contributed by atoms with Crippen LogP contribution in [-0.2, 0) is 4.74 Å². The Balaban J connectivity index is 2.03. The van der Waals surface area contributed by atoms with Crippen molar-refractivity contribution in [3.8, 4) is 0 Å². The van der Waals surface area contributed by atoms with Crippen LogP contribution in [0, 0.1) is 0 Å². The van der Waals surface area contributed by atoms with Crippen molar-refractivity contribution >= 4 is 23.5 Å². The first kappa shape index (κ1) is 17.8. The molecular weight excluding hydrogens is 316 g/mol. The first-order valence-electron chi connectivity index (χ1n) is 7.96. The highest BCUT2D eigenvalue weighted by molar-refractivity contribution is 6.29. The van der Waals surface area contributed by atoms with Crippen molar-refractivity contribution < 1.29 is 9.53 Å². The fourth-order valence-corrected chi connectivity index (χ4v) is 2.77. The highest BCUT2D eigenvalue weighted by Gasteiger charge is 2.31. The zero-order valence-corrected chi connectivity index (χ0v) is 15.0. The van der Waals surface area contributed by atoms with Gasteiger partial charge in [0.25, 0.3) is 0 Å². The van der Waals surface area contributed by atoms with E-state index in [1.165, 1.54) is 0 Å². The Bertz CT molecular complexity index is 530. The van der Waals surface area contributed by atoms with E-state index in [-0.39, 0.29) is 12.1 Å². The minimum absolute atomic E-state index is 0.112. The molecular formula is C16H25ClN4O2. The van der Waals surface area contributed by atoms with Crippen LogP contribution in [-0.4, -0.2) is 53.0 Å². The van der Waals surface area contributed by atoms with E-state index in [0.29, 0.717) is 11.7 Å². The number of likely N-dealkylation sites (N-methyl/N-ethyl adjacent to an activating group) is 1. The molecule has 1 fully saturated rings. The van der Waals surface area contributed by atoms with Crippen molar-refractivity contribution in [3.63, 3.8) is 0 Å². The van der Waals surface area contributed by atoms with Crippen molar-refractivity contribution in [1.29, 1.82) is 0 Å². The molecule has 0 N–H and O–H groups in total. The van der Waals surface area contributed by atoms with Crippen LogP contribution in [0.25, 0.3) is 0 Å². The third-order valence-corrected chi connectivity index (χ3v) is 3.95. The number of carbonyl (C=O) groups is 1. The topological polar surface area (TPSA) is 58.6 Å². The van der Waals surface area contributed by atoms with E-state index in [0.717, 1.165) is 31.6 Å². The second-order valence-corrected chi connectivity index (χ2v) is 7.31. The average molecular weight is 341 g/mol. The molecule has 6 nitrogen and oxygen atoms in total. The van der Waals surface area contributed by atoms with Gasteiger partial charge in [0.05, 0.1) is 6.04 Å². The van der Waals surface area contributed by atoms with Crippen LogP contribution in [0.2, 0.25) is 5.15 Å². The van der Waals surface area contributed by atoms with Crippen LogP contribution in [0.1, 0.15) is 40.0 Å². The lowest BCUT2D eigenvalue weighted by Gasteiger charge is -2.38. The second-order valence-electron chi connectivity index (χ2n) is 6.92. The van der Waals surface area contributed by atoms with E-state index >= 15 is 0 Å². The number of likely N-dealkylation sites (tertiary alicyclic amines) is 1. The fraction of sp³-hybridized carbons (Fsp3) is 0.688. The predicted molar refractivity (Wildman–Crippen MR) is 90.9 cm³/mol. The van der Waals surface area contributed by atoms with E-state index < -0.39 is 5.60 Å². The molecule has 2 heterocycles. The Morgan fingerprint density at radius 1 is 1.39 bits per heavy atom. The smallest absolute Gasteiger partial charge is 0.410 e. The van der Waals surface area contributed by atoms with Gasteiger partial charge >= 0.3 is 6.09 Å². The Hall–Kier alpha value is -1.56. The van der Waals surface area contributed by atoms with Crippen molar-refractivity contribution in [2.45, 2.75) is 51.7 Å². The van der Waals surface area contributed by atoms with E-state index in [1.54, 1.807) is 6.07 Å². The van der Waals surface area contributed by atoms with Crippen molar-refractivity contribution in [2.24, 2.45) is 0 Å². The molecule has 0 aliphatic carbocycles. The number of rotatable bonds is 3. The molecule has 0 bridgehead atoms. The zero-order chi connectivity index (χ0) is 17.0. The molecule has 2 rings (SSSR count). The normalized spacial score (nSPS) is 18.7. The molecule has 0 unspecified atom stereocenters. The molecule has 0 aromatic carbocycles. The van der Waals surface area contributed by atoms with Gasteiger partial charge in [-0.1, -0.05) is 11.6 Å². The summed E-state index contributed by atoms with van der Waals surface area (Å²) in [6, 6.07) is 3.66. The largest absolute Gasteiger partial charge is 0.444 e. The Labute approximate surface area is 142 Å². The zero-order valence-electron chi connectivity index (χ0n) is 14.3. The second kappa shape index (κ2) is 7.34. The lowest BCUT2D eigenvalue weighted by molar-refractivity contribution is 0.0108. The predicted octanol–water partition coefficient (Wildman–Crippen LogP) is 3.36. The van der Waals surface area contributed by atoms with Gasteiger partial charge in [0.2, 0.25) is 0 Å². The van der Waals surface area contributed by atoms with Crippen LogP contribution in [0.5, 0.6) is 0 Å². The molecule has 1 aliphatic heterocycles. The van der Waals surface area contributed by atoms with Gasteiger partial charge in [-0.3, -0.25) is 0 Å². The number of piperidine rings is 1. The van der Waals surface area contributed by atoms with E-state index in [1.807, 2.05) is 43.7 Å². The van der Waals surface area contributed by atoms with Gasteiger partial charge in [-0.2, -0.15) is 0 Å². The van der Waals surface area contributed by atoms with Crippen LogP contribution >= 0.6 is 11.6 Å². The van der Waals surface area contributed by atoms with Crippen molar-refractivity contribution in [1.82, 2.24) is 15.1 Å². The Morgan fingerprint density at radius 3 is 2.74 bits per heavy atom. The molecule has 128 valence electrons. The number of aromatic nitrogens is 2. The molecule has 7 heteroatoms. The summed E-state index contributed by atoms with van der Waals surface area (Å²) < 4.78 is 5.53. The standard InChI is InChI=1S/C16H25ClN4O2/c1-16(2,3)23-15(22)21-10-6-5-7-12(21)11-20(4)14-9-8-13(17)18-19-14/h8-9,12H,5-7,10-11H2,1-4H3/t12-/m0/s1.